The largest absolute Gasteiger partial charge is 0.490 e. The molecule has 3 nitrogen and oxygen atoms in total. The monoisotopic (exact) mass is 228 g/mol. The summed E-state index contributed by atoms with van der Waals surface area (Å²) in [5.74, 6) is 0.940. The van der Waals surface area contributed by atoms with E-state index in [0.29, 0.717) is 0 Å². The Bertz CT molecular complexity index is 485. The molecule has 1 saturated carbocycles. The molecule has 1 aromatic rings. The minimum Gasteiger partial charge on any atom is -0.490 e. The molecule has 2 aliphatic rings. The number of benzene rings is 1. The minimum atomic E-state index is -0.229. The first kappa shape index (κ1) is 10.5. The van der Waals surface area contributed by atoms with Crippen LogP contribution < -0.4 is 9.64 Å². The highest BCUT2D eigenvalue weighted by Gasteiger charge is 2.39. The summed E-state index contributed by atoms with van der Waals surface area (Å²) >= 11 is 0. The fourth-order valence-electron chi connectivity index (χ4n) is 2.64. The summed E-state index contributed by atoms with van der Waals surface area (Å²) in [5, 5.41) is 9.37. The van der Waals surface area contributed by atoms with Crippen molar-refractivity contribution < 1.29 is 4.74 Å². The molecule has 0 spiro atoms. The molecule has 0 amide bonds. The molecule has 1 fully saturated rings. The van der Waals surface area contributed by atoms with E-state index in [9.17, 15) is 5.26 Å². The minimum absolute atomic E-state index is 0.229. The molecule has 0 unspecified atom stereocenters. The number of fused-ring (bicyclic) bond motifs is 1. The Morgan fingerprint density at radius 1 is 1.41 bits per heavy atom. The van der Waals surface area contributed by atoms with Gasteiger partial charge < -0.3 is 9.64 Å². The van der Waals surface area contributed by atoms with Gasteiger partial charge in [0.25, 0.3) is 0 Å². The van der Waals surface area contributed by atoms with Crippen molar-refractivity contribution in [1.82, 2.24) is 0 Å². The summed E-state index contributed by atoms with van der Waals surface area (Å²) in [5.41, 5.74) is 2.05. The molecular formula is C14H16N2O. The Morgan fingerprint density at radius 2 is 2.24 bits per heavy atom. The van der Waals surface area contributed by atoms with E-state index in [1.165, 1.54) is 0 Å². The summed E-state index contributed by atoms with van der Waals surface area (Å²) in [4.78, 5) is 2.20. The predicted octanol–water partition coefficient (Wildman–Crippen LogP) is 2.46. The third-order valence-electron chi connectivity index (χ3n) is 4.03. The maximum atomic E-state index is 9.37. The zero-order valence-electron chi connectivity index (χ0n) is 10.1. The van der Waals surface area contributed by atoms with Crippen LogP contribution in [0.25, 0.3) is 0 Å². The number of hydrogen-bond acceptors (Lipinski definition) is 3. The average molecular weight is 228 g/mol. The third-order valence-corrected chi connectivity index (χ3v) is 4.03. The van der Waals surface area contributed by atoms with E-state index in [1.54, 1.807) is 0 Å². The van der Waals surface area contributed by atoms with Gasteiger partial charge in [0.2, 0.25) is 0 Å². The van der Waals surface area contributed by atoms with E-state index < -0.39 is 0 Å². The van der Waals surface area contributed by atoms with Crippen molar-refractivity contribution in [3.63, 3.8) is 0 Å². The average Bonchev–Trinajstić information content (AvgIpc) is 2.29. The Labute approximate surface area is 102 Å². The van der Waals surface area contributed by atoms with Crippen LogP contribution in [-0.4, -0.2) is 20.2 Å². The van der Waals surface area contributed by atoms with Gasteiger partial charge in [-0.3, -0.25) is 0 Å². The highest BCUT2D eigenvalue weighted by Crippen LogP contribution is 2.45. The van der Waals surface area contributed by atoms with Gasteiger partial charge >= 0.3 is 0 Å². The van der Waals surface area contributed by atoms with Gasteiger partial charge in [-0.15, -0.1) is 0 Å². The van der Waals surface area contributed by atoms with Crippen molar-refractivity contribution in [2.75, 3.05) is 25.1 Å². The van der Waals surface area contributed by atoms with Crippen LogP contribution in [0, 0.1) is 11.3 Å². The number of ether oxygens (including phenoxy) is 1. The van der Waals surface area contributed by atoms with E-state index in [4.69, 9.17) is 4.74 Å². The van der Waals surface area contributed by atoms with E-state index in [-0.39, 0.29) is 5.41 Å². The van der Waals surface area contributed by atoms with Crippen LogP contribution >= 0.6 is 0 Å². The lowest BCUT2D eigenvalue weighted by molar-refractivity contribution is 0.307. The highest BCUT2D eigenvalue weighted by molar-refractivity contribution is 5.62. The topological polar surface area (TPSA) is 36.3 Å². The molecule has 1 heterocycles. The van der Waals surface area contributed by atoms with Gasteiger partial charge in [-0.05, 0) is 37.0 Å². The first-order chi connectivity index (χ1) is 8.25. The molecule has 17 heavy (non-hydrogen) atoms. The van der Waals surface area contributed by atoms with Crippen LogP contribution in [0.1, 0.15) is 24.8 Å². The summed E-state index contributed by atoms with van der Waals surface area (Å²) in [6, 6.07) is 8.70. The molecule has 1 aliphatic heterocycles. The molecule has 0 saturated heterocycles. The van der Waals surface area contributed by atoms with E-state index in [0.717, 1.165) is 49.4 Å². The number of hydrogen-bond donors (Lipinski definition) is 0. The van der Waals surface area contributed by atoms with Crippen LogP contribution in [0.4, 0.5) is 5.69 Å². The van der Waals surface area contributed by atoms with Crippen molar-refractivity contribution in [1.29, 1.82) is 5.26 Å². The second kappa shape index (κ2) is 3.66. The van der Waals surface area contributed by atoms with Crippen molar-refractivity contribution in [2.45, 2.75) is 24.7 Å². The van der Waals surface area contributed by atoms with Crippen LogP contribution in [-0.2, 0) is 5.41 Å². The number of nitrogens with zero attached hydrogens (tertiary/aromatic N) is 2. The molecule has 0 bridgehead atoms. The Hall–Kier alpha value is -1.69. The smallest absolute Gasteiger partial charge is 0.142 e. The molecule has 3 heteroatoms. The standard InChI is InChI=1S/C14H16N2O/c1-16-7-8-17-13-4-3-11(9-12(13)16)14(10-15)5-2-6-14/h3-4,9H,2,5-8H2,1H3. The maximum absolute atomic E-state index is 9.37. The lowest BCUT2D eigenvalue weighted by Gasteiger charge is -2.37. The summed E-state index contributed by atoms with van der Waals surface area (Å²) in [6.07, 6.45) is 3.15. The fraction of sp³-hybridized carbons (Fsp3) is 0.500. The van der Waals surface area contributed by atoms with Crippen molar-refractivity contribution >= 4 is 5.69 Å². The first-order valence-corrected chi connectivity index (χ1v) is 6.15. The summed E-state index contributed by atoms with van der Waals surface area (Å²) < 4.78 is 5.62. The van der Waals surface area contributed by atoms with Crippen LogP contribution in [0.15, 0.2) is 18.2 Å². The Morgan fingerprint density at radius 3 is 2.88 bits per heavy atom. The van der Waals surface area contributed by atoms with Gasteiger partial charge in [0.05, 0.1) is 23.7 Å². The third kappa shape index (κ3) is 1.48. The lowest BCUT2D eigenvalue weighted by Crippen LogP contribution is -2.33. The maximum Gasteiger partial charge on any atom is 0.142 e. The van der Waals surface area contributed by atoms with Gasteiger partial charge in [0.15, 0.2) is 0 Å². The number of rotatable bonds is 1. The predicted molar refractivity (Wildman–Crippen MR) is 66.3 cm³/mol. The van der Waals surface area contributed by atoms with Gasteiger partial charge in [-0.2, -0.15) is 5.26 Å². The number of anilines is 1. The van der Waals surface area contributed by atoms with Crippen molar-refractivity contribution in [3.05, 3.63) is 23.8 Å². The number of likely N-dealkylation sites (N-methyl/N-ethyl adjacent to an activating group) is 1. The van der Waals surface area contributed by atoms with Gasteiger partial charge in [0, 0.05) is 7.05 Å². The SMILES string of the molecule is CN1CCOc2ccc(C3(C#N)CCC3)cc21. The molecule has 88 valence electrons. The molecule has 3 rings (SSSR count). The van der Waals surface area contributed by atoms with Gasteiger partial charge in [-0.1, -0.05) is 6.07 Å². The molecule has 1 aromatic carbocycles. The molecule has 0 atom stereocenters. The molecule has 0 aromatic heterocycles. The zero-order valence-corrected chi connectivity index (χ0v) is 10.1. The molecular weight excluding hydrogens is 212 g/mol. The summed E-state index contributed by atoms with van der Waals surface area (Å²) in [6.45, 7) is 1.66. The number of nitriles is 1. The molecule has 0 radical (unpaired) electrons. The lowest BCUT2D eigenvalue weighted by atomic mass is 9.65. The quantitative estimate of drug-likeness (QED) is 0.740. The zero-order chi connectivity index (χ0) is 11.9. The van der Waals surface area contributed by atoms with Crippen molar-refractivity contribution in [3.8, 4) is 11.8 Å². The van der Waals surface area contributed by atoms with E-state index in [2.05, 4.69) is 30.1 Å². The first-order valence-electron chi connectivity index (χ1n) is 6.15. The molecule has 1 aliphatic carbocycles. The van der Waals surface area contributed by atoms with Crippen molar-refractivity contribution in [2.24, 2.45) is 0 Å². The van der Waals surface area contributed by atoms with Crippen LogP contribution in [0.3, 0.4) is 0 Å². The Balaban J connectivity index is 2.03. The van der Waals surface area contributed by atoms with Gasteiger partial charge in [0.1, 0.15) is 12.4 Å². The Kier molecular flexibility index (Phi) is 2.25. The fourth-order valence-corrected chi connectivity index (χ4v) is 2.64. The summed E-state index contributed by atoms with van der Waals surface area (Å²) in [7, 11) is 2.07. The van der Waals surface area contributed by atoms with Crippen LogP contribution in [0.2, 0.25) is 0 Å². The van der Waals surface area contributed by atoms with E-state index >= 15 is 0 Å². The second-order valence-electron chi connectivity index (χ2n) is 5.00. The second-order valence-corrected chi connectivity index (χ2v) is 5.00. The van der Waals surface area contributed by atoms with Gasteiger partial charge in [-0.25, -0.2) is 0 Å². The van der Waals surface area contributed by atoms with Crippen LogP contribution in [0.5, 0.6) is 5.75 Å². The van der Waals surface area contributed by atoms with E-state index in [1.807, 2.05) is 6.07 Å². The normalized spacial score (nSPS) is 20.8. The molecule has 0 N–H and O–H groups in total. The highest BCUT2D eigenvalue weighted by atomic mass is 16.5.